The molecule has 0 aromatic carbocycles. The Balaban J connectivity index is 2.54. The summed E-state index contributed by atoms with van der Waals surface area (Å²) in [6, 6.07) is 0. The first-order valence-electron chi connectivity index (χ1n) is 7.62. The number of unbranched alkanes of at least 4 members (excludes halogenated alkanes) is 1. The maximum Gasteiger partial charge on any atom is 0.263 e. The Hall–Kier alpha value is -1.85. The Morgan fingerprint density at radius 3 is 2.62 bits per heavy atom. The molecule has 0 aliphatic rings. The van der Waals surface area contributed by atoms with Crippen LogP contribution in [0.1, 0.15) is 47.5 Å². The lowest BCUT2D eigenvalue weighted by Gasteiger charge is -2.23. The van der Waals surface area contributed by atoms with Gasteiger partial charge >= 0.3 is 0 Å². The van der Waals surface area contributed by atoms with Crippen LogP contribution in [-0.4, -0.2) is 32.8 Å². The predicted octanol–water partition coefficient (Wildman–Crippen LogP) is 2.50. The molecule has 0 amide bonds. The molecule has 6 nitrogen and oxygen atoms in total. The van der Waals surface area contributed by atoms with Crippen molar-refractivity contribution in [3.8, 4) is 0 Å². The van der Waals surface area contributed by atoms with Gasteiger partial charge in [0, 0.05) is 13.1 Å². The van der Waals surface area contributed by atoms with Crippen molar-refractivity contribution in [2.75, 3.05) is 18.0 Å². The average molecular weight is 291 g/mol. The van der Waals surface area contributed by atoms with Gasteiger partial charge in [0.1, 0.15) is 5.39 Å². The molecule has 0 saturated heterocycles. The highest BCUT2D eigenvalue weighted by molar-refractivity contribution is 5.74. The molecule has 6 heteroatoms. The van der Waals surface area contributed by atoms with Gasteiger partial charge in [-0.3, -0.25) is 9.78 Å². The van der Waals surface area contributed by atoms with Crippen LogP contribution in [0.25, 0.3) is 11.0 Å². The number of nitrogens with one attached hydrogen (secondary N) is 1. The summed E-state index contributed by atoms with van der Waals surface area (Å²) in [5, 5.41) is 4.87. The second-order valence-corrected chi connectivity index (χ2v) is 6.29. The monoisotopic (exact) mass is 291 g/mol. The van der Waals surface area contributed by atoms with Crippen LogP contribution in [0.2, 0.25) is 0 Å². The lowest BCUT2D eigenvalue weighted by atomic mass is 10.1. The fourth-order valence-electron chi connectivity index (χ4n) is 2.31. The van der Waals surface area contributed by atoms with E-state index in [1.54, 1.807) is 6.20 Å². The first kappa shape index (κ1) is 15.5. The molecular formula is C15H25N5O. The van der Waals surface area contributed by atoms with Gasteiger partial charge in [-0.05, 0) is 34.1 Å². The molecule has 2 aromatic rings. The van der Waals surface area contributed by atoms with Gasteiger partial charge in [-0.2, -0.15) is 10.1 Å². The number of anilines is 1. The zero-order chi connectivity index (χ0) is 15.6. The van der Waals surface area contributed by atoms with Crippen molar-refractivity contribution < 1.29 is 0 Å². The van der Waals surface area contributed by atoms with E-state index in [-0.39, 0.29) is 11.1 Å². The van der Waals surface area contributed by atoms with Crippen molar-refractivity contribution in [1.29, 1.82) is 0 Å². The minimum Gasteiger partial charge on any atom is -0.343 e. The third-order valence-electron chi connectivity index (χ3n) is 3.52. The molecule has 0 spiro atoms. The second kappa shape index (κ2) is 5.87. The van der Waals surface area contributed by atoms with Crippen molar-refractivity contribution in [3.05, 3.63) is 16.6 Å². The molecule has 0 atom stereocenters. The third kappa shape index (κ3) is 3.09. The van der Waals surface area contributed by atoms with Gasteiger partial charge in [-0.1, -0.05) is 13.3 Å². The van der Waals surface area contributed by atoms with Gasteiger partial charge < -0.3 is 4.90 Å². The van der Waals surface area contributed by atoms with E-state index in [4.69, 9.17) is 0 Å². The summed E-state index contributed by atoms with van der Waals surface area (Å²) in [6.45, 7) is 12.1. The Labute approximate surface area is 125 Å². The predicted molar refractivity (Wildman–Crippen MR) is 85.9 cm³/mol. The van der Waals surface area contributed by atoms with Crippen molar-refractivity contribution >= 4 is 17.0 Å². The molecule has 0 saturated carbocycles. The van der Waals surface area contributed by atoms with Crippen LogP contribution in [0.15, 0.2) is 11.0 Å². The van der Waals surface area contributed by atoms with E-state index >= 15 is 0 Å². The molecule has 1 N–H and O–H groups in total. The molecular weight excluding hydrogens is 266 g/mol. The molecule has 21 heavy (non-hydrogen) atoms. The zero-order valence-corrected chi connectivity index (χ0v) is 13.6. The van der Waals surface area contributed by atoms with Crippen LogP contribution < -0.4 is 10.5 Å². The van der Waals surface area contributed by atoms with Crippen molar-refractivity contribution in [2.45, 2.75) is 53.0 Å². The van der Waals surface area contributed by atoms with Crippen molar-refractivity contribution in [3.63, 3.8) is 0 Å². The van der Waals surface area contributed by atoms with Gasteiger partial charge in [0.2, 0.25) is 5.95 Å². The van der Waals surface area contributed by atoms with Crippen LogP contribution in [-0.2, 0) is 5.54 Å². The molecule has 2 rings (SSSR count). The van der Waals surface area contributed by atoms with Crippen LogP contribution in [0.3, 0.4) is 0 Å². The van der Waals surface area contributed by atoms with Gasteiger partial charge in [-0.25, -0.2) is 4.68 Å². The highest BCUT2D eigenvalue weighted by Gasteiger charge is 2.20. The topological polar surface area (TPSA) is 66.8 Å². The standard InChI is InChI=1S/C15H25N5O/c1-6-8-9-19(7-2)14-17-12-11(13(21)18-14)10-16-20(12)15(3,4)5/h10H,6-9H2,1-5H3,(H,17,18,21). The van der Waals surface area contributed by atoms with Crippen molar-refractivity contribution in [2.24, 2.45) is 0 Å². The molecule has 0 radical (unpaired) electrons. The van der Waals surface area contributed by atoms with Crippen LogP contribution in [0.5, 0.6) is 0 Å². The lowest BCUT2D eigenvalue weighted by molar-refractivity contribution is 0.366. The maximum atomic E-state index is 12.3. The number of hydrogen-bond acceptors (Lipinski definition) is 4. The lowest BCUT2D eigenvalue weighted by Crippen LogP contribution is -2.29. The first-order valence-corrected chi connectivity index (χ1v) is 7.62. The Bertz CT molecular complexity index is 665. The Kier molecular flexibility index (Phi) is 4.34. The fraction of sp³-hybridized carbons (Fsp3) is 0.667. The fourth-order valence-corrected chi connectivity index (χ4v) is 2.31. The minimum absolute atomic E-state index is 0.125. The summed E-state index contributed by atoms with van der Waals surface area (Å²) < 4.78 is 1.81. The van der Waals surface area contributed by atoms with Gasteiger partial charge in [-0.15, -0.1) is 0 Å². The molecule has 0 unspecified atom stereocenters. The minimum atomic E-state index is -0.208. The van der Waals surface area contributed by atoms with E-state index in [0.29, 0.717) is 17.0 Å². The second-order valence-electron chi connectivity index (χ2n) is 6.29. The number of nitrogens with zero attached hydrogens (tertiary/aromatic N) is 4. The number of fused-ring (bicyclic) bond motifs is 1. The quantitative estimate of drug-likeness (QED) is 0.919. The molecule has 2 aromatic heterocycles. The SMILES string of the molecule is CCCCN(CC)c1nc2c(cnn2C(C)(C)C)c(=O)[nH]1. The highest BCUT2D eigenvalue weighted by Crippen LogP contribution is 2.19. The van der Waals surface area contributed by atoms with E-state index in [9.17, 15) is 4.79 Å². The normalized spacial score (nSPS) is 12.0. The largest absolute Gasteiger partial charge is 0.343 e. The van der Waals surface area contributed by atoms with E-state index in [0.717, 1.165) is 25.9 Å². The van der Waals surface area contributed by atoms with Gasteiger partial charge in [0.15, 0.2) is 5.65 Å². The number of aromatic nitrogens is 4. The van der Waals surface area contributed by atoms with E-state index in [1.807, 2.05) is 4.68 Å². The Morgan fingerprint density at radius 2 is 2.05 bits per heavy atom. The van der Waals surface area contributed by atoms with Gasteiger partial charge in [0.05, 0.1) is 11.7 Å². The summed E-state index contributed by atoms with van der Waals surface area (Å²) in [5.74, 6) is 0.634. The van der Waals surface area contributed by atoms with Crippen LogP contribution in [0.4, 0.5) is 5.95 Å². The summed E-state index contributed by atoms with van der Waals surface area (Å²) >= 11 is 0. The zero-order valence-electron chi connectivity index (χ0n) is 13.6. The molecule has 116 valence electrons. The summed E-state index contributed by atoms with van der Waals surface area (Å²) in [6.07, 6.45) is 3.79. The van der Waals surface area contributed by atoms with Crippen LogP contribution in [0, 0.1) is 0 Å². The van der Waals surface area contributed by atoms with Crippen molar-refractivity contribution in [1.82, 2.24) is 19.7 Å². The third-order valence-corrected chi connectivity index (χ3v) is 3.52. The molecule has 2 heterocycles. The summed E-state index contributed by atoms with van der Waals surface area (Å²) in [7, 11) is 0. The highest BCUT2D eigenvalue weighted by atomic mass is 16.1. The van der Waals surface area contributed by atoms with Crippen LogP contribution >= 0.6 is 0 Å². The first-order chi connectivity index (χ1) is 9.88. The molecule has 0 bridgehead atoms. The number of rotatable bonds is 5. The number of aromatic amines is 1. The van der Waals surface area contributed by atoms with E-state index in [2.05, 4.69) is 54.6 Å². The molecule has 0 aliphatic carbocycles. The smallest absolute Gasteiger partial charge is 0.263 e. The van der Waals surface area contributed by atoms with E-state index < -0.39 is 0 Å². The average Bonchev–Trinajstić information content (AvgIpc) is 2.84. The molecule has 0 fully saturated rings. The number of hydrogen-bond donors (Lipinski definition) is 1. The maximum absolute atomic E-state index is 12.3. The van der Waals surface area contributed by atoms with Gasteiger partial charge in [0.25, 0.3) is 5.56 Å². The Morgan fingerprint density at radius 1 is 1.33 bits per heavy atom. The summed E-state index contributed by atoms with van der Waals surface area (Å²) in [5.41, 5.74) is 0.317. The number of H-pyrrole nitrogens is 1. The van der Waals surface area contributed by atoms with E-state index in [1.165, 1.54) is 0 Å². The summed E-state index contributed by atoms with van der Waals surface area (Å²) in [4.78, 5) is 21.9. The molecule has 0 aliphatic heterocycles.